The third kappa shape index (κ3) is 4.84. The van der Waals surface area contributed by atoms with Crippen molar-refractivity contribution in [2.24, 2.45) is 0 Å². The Morgan fingerprint density at radius 3 is 3.05 bits per heavy atom. The molecule has 0 bridgehead atoms. The highest BCUT2D eigenvalue weighted by Crippen LogP contribution is 2.18. The van der Waals surface area contributed by atoms with Crippen LogP contribution in [0, 0.1) is 0 Å². The monoisotopic (exact) mass is 327 g/mol. The van der Waals surface area contributed by atoms with Gasteiger partial charge in [0.1, 0.15) is 0 Å². The van der Waals surface area contributed by atoms with Crippen molar-refractivity contribution in [1.29, 1.82) is 0 Å². The SMILES string of the molecule is CC(C)(O)CC1CN(Cc2ncccc2Br)CCN1. The third-order valence-electron chi connectivity index (χ3n) is 3.29. The topological polar surface area (TPSA) is 48.4 Å². The second-order valence-electron chi connectivity index (χ2n) is 5.83. The van der Waals surface area contributed by atoms with Crippen LogP contribution in [0.1, 0.15) is 26.0 Å². The zero-order chi connectivity index (χ0) is 13.9. The van der Waals surface area contributed by atoms with Gasteiger partial charge in [0.2, 0.25) is 0 Å². The number of aromatic nitrogens is 1. The van der Waals surface area contributed by atoms with Gasteiger partial charge in [0, 0.05) is 42.9 Å². The van der Waals surface area contributed by atoms with E-state index in [9.17, 15) is 5.11 Å². The van der Waals surface area contributed by atoms with Gasteiger partial charge in [0.25, 0.3) is 0 Å². The van der Waals surface area contributed by atoms with E-state index in [0.717, 1.165) is 42.8 Å². The molecule has 1 fully saturated rings. The van der Waals surface area contributed by atoms with E-state index in [2.05, 4.69) is 31.1 Å². The van der Waals surface area contributed by atoms with Gasteiger partial charge in [-0.05, 0) is 48.3 Å². The highest BCUT2D eigenvalue weighted by molar-refractivity contribution is 9.10. The summed E-state index contributed by atoms with van der Waals surface area (Å²) in [6, 6.07) is 4.30. The zero-order valence-electron chi connectivity index (χ0n) is 11.6. The van der Waals surface area contributed by atoms with Crippen molar-refractivity contribution in [2.75, 3.05) is 19.6 Å². The molecule has 1 saturated heterocycles. The van der Waals surface area contributed by atoms with E-state index in [1.165, 1.54) is 0 Å². The summed E-state index contributed by atoms with van der Waals surface area (Å²) in [4.78, 5) is 6.80. The molecule has 2 N–H and O–H groups in total. The normalized spacial score (nSPS) is 21.6. The number of nitrogens with one attached hydrogen (secondary N) is 1. The van der Waals surface area contributed by atoms with Crippen molar-refractivity contribution in [3.05, 3.63) is 28.5 Å². The Balaban J connectivity index is 1.93. The van der Waals surface area contributed by atoms with Gasteiger partial charge in [-0.15, -0.1) is 0 Å². The zero-order valence-corrected chi connectivity index (χ0v) is 13.2. The molecule has 0 aromatic carbocycles. The van der Waals surface area contributed by atoms with Crippen molar-refractivity contribution >= 4 is 15.9 Å². The molecule has 0 saturated carbocycles. The van der Waals surface area contributed by atoms with E-state index >= 15 is 0 Å². The van der Waals surface area contributed by atoms with Gasteiger partial charge >= 0.3 is 0 Å². The number of hydrogen-bond acceptors (Lipinski definition) is 4. The molecule has 2 rings (SSSR count). The first-order chi connectivity index (χ1) is 8.94. The van der Waals surface area contributed by atoms with Crippen LogP contribution in [0.5, 0.6) is 0 Å². The Labute approximate surface area is 123 Å². The molecule has 0 radical (unpaired) electrons. The fraction of sp³-hybridized carbons (Fsp3) is 0.643. The minimum atomic E-state index is -0.619. The first kappa shape index (κ1) is 14.9. The van der Waals surface area contributed by atoms with Gasteiger partial charge in [0.15, 0.2) is 0 Å². The summed E-state index contributed by atoms with van der Waals surface area (Å²) in [6.07, 6.45) is 2.60. The minimum absolute atomic E-state index is 0.344. The van der Waals surface area contributed by atoms with E-state index in [0.29, 0.717) is 6.04 Å². The molecular weight excluding hydrogens is 306 g/mol. The molecule has 1 aromatic rings. The van der Waals surface area contributed by atoms with E-state index < -0.39 is 5.60 Å². The summed E-state index contributed by atoms with van der Waals surface area (Å²) in [5.74, 6) is 0. The molecule has 2 heterocycles. The summed E-state index contributed by atoms with van der Waals surface area (Å²) in [5.41, 5.74) is 0.457. The van der Waals surface area contributed by atoms with Crippen molar-refractivity contribution in [3.63, 3.8) is 0 Å². The first-order valence-electron chi connectivity index (χ1n) is 6.71. The lowest BCUT2D eigenvalue weighted by atomic mass is 9.97. The van der Waals surface area contributed by atoms with Gasteiger partial charge in [-0.3, -0.25) is 9.88 Å². The largest absolute Gasteiger partial charge is 0.390 e. The summed E-state index contributed by atoms with van der Waals surface area (Å²) in [5, 5.41) is 13.4. The Morgan fingerprint density at radius 1 is 1.58 bits per heavy atom. The van der Waals surface area contributed by atoms with Crippen LogP contribution in [0.2, 0.25) is 0 Å². The van der Waals surface area contributed by atoms with Crippen LogP contribution in [-0.4, -0.2) is 46.3 Å². The van der Waals surface area contributed by atoms with Crippen LogP contribution < -0.4 is 5.32 Å². The number of aliphatic hydroxyl groups is 1. The highest BCUT2D eigenvalue weighted by Gasteiger charge is 2.25. The Morgan fingerprint density at radius 2 is 2.37 bits per heavy atom. The fourth-order valence-corrected chi connectivity index (χ4v) is 2.90. The number of rotatable bonds is 4. The minimum Gasteiger partial charge on any atom is -0.390 e. The molecular formula is C14H22BrN3O. The van der Waals surface area contributed by atoms with Crippen LogP contribution in [0.15, 0.2) is 22.8 Å². The molecule has 19 heavy (non-hydrogen) atoms. The molecule has 5 heteroatoms. The second kappa shape index (κ2) is 6.31. The molecule has 0 amide bonds. The molecule has 1 aromatic heterocycles. The molecule has 0 spiro atoms. The molecule has 1 aliphatic rings. The van der Waals surface area contributed by atoms with E-state index in [-0.39, 0.29) is 0 Å². The molecule has 0 aliphatic carbocycles. The first-order valence-corrected chi connectivity index (χ1v) is 7.51. The lowest BCUT2D eigenvalue weighted by Crippen LogP contribution is -2.52. The average molecular weight is 328 g/mol. The predicted molar refractivity (Wildman–Crippen MR) is 79.9 cm³/mol. The maximum Gasteiger partial charge on any atom is 0.0685 e. The molecule has 1 unspecified atom stereocenters. The smallest absolute Gasteiger partial charge is 0.0685 e. The quantitative estimate of drug-likeness (QED) is 0.885. The molecule has 1 aliphatic heterocycles. The summed E-state index contributed by atoms with van der Waals surface area (Å²) < 4.78 is 1.06. The Hall–Kier alpha value is -0.490. The van der Waals surface area contributed by atoms with Crippen LogP contribution in [0.3, 0.4) is 0 Å². The van der Waals surface area contributed by atoms with E-state index in [1.54, 1.807) is 0 Å². The average Bonchev–Trinajstić information content (AvgIpc) is 2.30. The second-order valence-corrected chi connectivity index (χ2v) is 6.69. The standard InChI is InChI=1S/C14H22BrN3O/c1-14(2,19)8-11-9-18(7-6-16-11)10-13-12(15)4-3-5-17-13/h3-5,11,16,19H,6-10H2,1-2H3. The Bertz CT molecular complexity index is 419. The third-order valence-corrected chi connectivity index (χ3v) is 4.02. The van der Waals surface area contributed by atoms with E-state index in [1.807, 2.05) is 32.2 Å². The number of piperazine rings is 1. The predicted octanol–water partition coefficient (Wildman–Crippen LogP) is 1.78. The maximum absolute atomic E-state index is 9.91. The van der Waals surface area contributed by atoms with Crippen molar-refractivity contribution in [2.45, 2.75) is 38.5 Å². The summed E-state index contributed by atoms with van der Waals surface area (Å²) in [6.45, 7) is 7.51. The van der Waals surface area contributed by atoms with Gasteiger partial charge in [-0.25, -0.2) is 0 Å². The van der Waals surface area contributed by atoms with Crippen LogP contribution in [-0.2, 0) is 6.54 Å². The molecule has 1 atom stereocenters. The summed E-state index contributed by atoms with van der Waals surface area (Å²) in [7, 11) is 0. The number of nitrogens with zero attached hydrogens (tertiary/aromatic N) is 2. The molecule has 4 nitrogen and oxygen atoms in total. The lowest BCUT2D eigenvalue weighted by Gasteiger charge is -2.36. The lowest BCUT2D eigenvalue weighted by molar-refractivity contribution is 0.0458. The Kier molecular flexibility index (Phi) is 4.95. The molecule has 106 valence electrons. The van der Waals surface area contributed by atoms with Crippen LogP contribution in [0.25, 0.3) is 0 Å². The number of hydrogen-bond donors (Lipinski definition) is 2. The number of halogens is 1. The van der Waals surface area contributed by atoms with Crippen molar-refractivity contribution in [3.8, 4) is 0 Å². The van der Waals surface area contributed by atoms with Gasteiger partial charge in [-0.2, -0.15) is 0 Å². The van der Waals surface area contributed by atoms with Crippen LogP contribution in [0.4, 0.5) is 0 Å². The summed E-state index contributed by atoms with van der Waals surface area (Å²) >= 11 is 3.54. The van der Waals surface area contributed by atoms with Gasteiger partial charge < -0.3 is 10.4 Å². The maximum atomic E-state index is 9.91. The highest BCUT2D eigenvalue weighted by atomic mass is 79.9. The van der Waals surface area contributed by atoms with Gasteiger partial charge in [0.05, 0.1) is 11.3 Å². The van der Waals surface area contributed by atoms with E-state index in [4.69, 9.17) is 0 Å². The van der Waals surface area contributed by atoms with Gasteiger partial charge in [-0.1, -0.05) is 0 Å². The van der Waals surface area contributed by atoms with Crippen molar-refractivity contribution in [1.82, 2.24) is 15.2 Å². The van der Waals surface area contributed by atoms with Crippen LogP contribution >= 0.6 is 15.9 Å². The van der Waals surface area contributed by atoms with Crippen molar-refractivity contribution < 1.29 is 5.11 Å². The fourth-order valence-electron chi connectivity index (χ4n) is 2.52. The number of pyridine rings is 1.